The molecule has 4 nitrogen and oxygen atoms in total. The van der Waals surface area contributed by atoms with Gasteiger partial charge in [0, 0.05) is 5.56 Å². The van der Waals surface area contributed by atoms with Crippen molar-refractivity contribution in [2.24, 2.45) is 0 Å². The van der Waals surface area contributed by atoms with Crippen molar-refractivity contribution in [3.63, 3.8) is 0 Å². The molecule has 0 radical (unpaired) electrons. The van der Waals surface area contributed by atoms with E-state index in [2.05, 4.69) is 0 Å². The first-order valence-corrected chi connectivity index (χ1v) is 5.75. The van der Waals surface area contributed by atoms with Crippen LogP contribution >= 0.6 is 0 Å². The number of hydrogen-bond acceptors (Lipinski definition) is 4. The number of methoxy groups -OCH3 is 1. The van der Waals surface area contributed by atoms with Crippen LogP contribution in [0.2, 0.25) is 0 Å². The third kappa shape index (κ3) is 2.50. The zero-order valence-corrected chi connectivity index (χ0v) is 10.4. The summed E-state index contributed by atoms with van der Waals surface area (Å²) in [5.41, 5.74) is 0.241. The smallest absolute Gasteiger partial charge is 0.256 e. The molecule has 0 fully saturated rings. The molecule has 0 saturated carbocycles. The van der Waals surface area contributed by atoms with Gasteiger partial charge in [-0.1, -0.05) is 42.5 Å². The number of ketones is 1. The van der Waals surface area contributed by atoms with E-state index >= 15 is 0 Å². The number of carbonyl (C=O) groups is 1. The number of ether oxygens (including phenoxy) is 1. The first kappa shape index (κ1) is 13.3. The first-order valence-electron chi connectivity index (χ1n) is 5.75. The van der Waals surface area contributed by atoms with Crippen LogP contribution in [-0.4, -0.2) is 23.1 Å². The number of para-hydroxylation sites is 1. The Morgan fingerprint density at radius 2 is 1.58 bits per heavy atom. The van der Waals surface area contributed by atoms with Crippen LogP contribution in [0.1, 0.15) is 15.9 Å². The summed E-state index contributed by atoms with van der Waals surface area (Å²) in [4.78, 5) is 12.3. The Morgan fingerprint density at radius 1 is 1.00 bits per heavy atom. The van der Waals surface area contributed by atoms with Crippen molar-refractivity contribution in [2.75, 3.05) is 7.11 Å². The highest BCUT2D eigenvalue weighted by molar-refractivity contribution is 6.03. The molecule has 2 N–H and O–H groups in total. The van der Waals surface area contributed by atoms with Gasteiger partial charge in [-0.25, -0.2) is 0 Å². The van der Waals surface area contributed by atoms with Gasteiger partial charge in [0.2, 0.25) is 5.78 Å². The van der Waals surface area contributed by atoms with E-state index in [1.807, 2.05) is 0 Å². The van der Waals surface area contributed by atoms with Crippen molar-refractivity contribution in [3.8, 4) is 5.75 Å². The predicted molar refractivity (Wildman–Crippen MR) is 69.9 cm³/mol. The fraction of sp³-hybridized carbons (Fsp3) is 0.133. The lowest BCUT2D eigenvalue weighted by Gasteiger charge is -2.21. The van der Waals surface area contributed by atoms with Crippen LogP contribution in [0.3, 0.4) is 0 Å². The van der Waals surface area contributed by atoms with Gasteiger partial charge in [-0.2, -0.15) is 0 Å². The summed E-state index contributed by atoms with van der Waals surface area (Å²) >= 11 is 0. The zero-order valence-electron chi connectivity index (χ0n) is 10.4. The quantitative estimate of drug-likeness (QED) is 0.647. The third-order valence-corrected chi connectivity index (χ3v) is 2.84. The van der Waals surface area contributed by atoms with Crippen LogP contribution < -0.4 is 4.74 Å². The highest BCUT2D eigenvalue weighted by Crippen LogP contribution is 2.27. The molecule has 2 aromatic carbocycles. The Balaban J connectivity index is 2.44. The summed E-state index contributed by atoms with van der Waals surface area (Å²) in [5.74, 6) is -3.09. The van der Waals surface area contributed by atoms with E-state index in [-0.39, 0.29) is 11.1 Å². The van der Waals surface area contributed by atoms with E-state index in [1.54, 1.807) is 36.4 Å². The maximum Gasteiger partial charge on any atom is 0.256 e. The second kappa shape index (κ2) is 5.22. The van der Waals surface area contributed by atoms with Gasteiger partial charge in [0.05, 0.1) is 12.7 Å². The Bertz CT molecular complexity index is 576. The summed E-state index contributed by atoms with van der Waals surface area (Å²) < 4.78 is 5.05. The maximum atomic E-state index is 12.3. The topological polar surface area (TPSA) is 66.8 Å². The molecule has 4 heteroatoms. The Kier molecular flexibility index (Phi) is 3.64. The largest absolute Gasteiger partial charge is 0.496 e. The molecule has 0 aliphatic heterocycles. The van der Waals surface area contributed by atoms with Crippen LogP contribution in [-0.2, 0) is 5.79 Å². The van der Waals surface area contributed by atoms with Crippen molar-refractivity contribution < 1.29 is 19.7 Å². The number of aliphatic hydroxyl groups is 2. The average Bonchev–Trinajstić information content (AvgIpc) is 2.47. The fourth-order valence-corrected chi connectivity index (χ4v) is 1.82. The average molecular weight is 258 g/mol. The van der Waals surface area contributed by atoms with E-state index in [0.29, 0.717) is 5.75 Å². The SMILES string of the molecule is COc1ccccc1C(=O)C(O)(O)c1ccccc1. The van der Waals surface area contributed by atoms with Crippen molar-refractivity contribution in [2.45, 2.75) is 5.79 Å². The second-order valence-electron chi connectivity index (χ2n) is 4.07. The minimum Gasteiger partial charge on any atom is -0.496 e. The molecular weight excluding hydrogens is 244 g/mol. The van der Waals surface area contributed by atoms with Crippen LogP contribution in [0, 0.1) is 0 Å². The molecule has 0 aliphatic carbocycles. The van der Waals surface area contributed by atoms with Crippen molar-refractivity contribution in [3.05, 3.63) is 65.7 Å². The molecule has 0 aromatic heterocycles. The summed E-state index contributed by atoms with van der Waals surface area (Å²) in [6.45, 7) is 0. The minimum atomic E-state index is -2.57. The minimum absolute atomic E-state index is 0.117. The molecule has 0 amide bonds. The highest BCUT2D eigenvalue weighted by atomic mass is 16.5. The molecule has 0 atom stereocenters. The first-order chi connectivity index (χ1) is 9.07. The number of benzene rings is 2. The van der Waals surface area contributed by atoms with Crippen molar-refractivity contribution in [1.82, 2.24) is 0 Å². The fourth-order valence-electron chi connectivity index (χ4n) is 1.82. The molecular formula is C15H14O4. The van der Waals surface area contributed by atoms with E-state index in [4.69, 9.17) is 4.74 Å². The lowest BCUT2D eigenvalue weighted by molar-refractivity contribution is -0.128. The molecule has 2 rings (SSSR count). The second-order valence-corrected chi connectivity index (χ2v) is 4.07. The number of carbonyl (C=O) groups excluding carboxylic acids is 1. The lowest BCUT2D eigenvalue weighted by Crippen LogP contribution is -2.35. The molecule has 0 heterocycles. The summed E-state index contributed by atoms with van der Waals surface area (Å²) in [7, 11) is 1.42. The van der Waals surface area contributed by atoms with Gasteiger partial charge < -0.3 is 14.9 Å². The molecule has 0 saturated heterocycles. The van der Waals surface area contributed by atoms with Gasteiger partial charge in [-0.3, -0.25) is 4.79 Å². The Hall–Kier alpha value is -2.17. The highest BCUT2D eigenvalue weighted by Gasteiger charge is 2.37. The van der Waals surface area contributed by atoms with Gasteiger partial charge in [-0.05, 0) is 12.1 Å². The normalized spacial score (nSPS) is 11.1. The van der Waals surface area contributed by atoms with Crippen molar-refractivity contribution in [1.29, 1.82) is 0 Å². The monoisotopic (exact) mass is 258 g/mol. The standard InChI is InChI=1S/C15H14O4/c1-19-13-10-6-5-9-12(13)14(16)15(17,18)11-7-3-2-4-8-11/h2-10,17-18H,1H3. The molecule has 0 unspecified atom stereocenters. The molecule has 0 bridgehead atoms. The zero-order chi connectivity index (χ0) is 13.9. The van der Waals surface area contributed by atoms with E-state index in [9.17, 15) is 15.0 Å². The third-order valence-electron chi connectivity index (χ3n) is 2.84. The molecule has 98 valence electrons. The number of Topliss-reactive ketones (excluding diaryl/α,β-unsaturated/α-hetero) is 1. The van der Waals surface area contributed by atoms with Crippen LogP contribution in [0.5, 0.6) is 5.75 Å². The van der Waals surface area contributed by atoms with Crippen LogP contribution in [0.25, 0.3) is 0 Å². The van der Waals surface area contributed by atoms with Crippen LogP contribution in [0.15, 0.2) is 54.6 Å². The van der Waals surface area contributed by atoms with Gasteiger partial charge in [0.15, 0.2) is 0 Å². The molecule has 0 aliphatic rings. The lowest BCUT2D eigenvalue weighted by atomic mass is 9.96. The van der Waals surface area contributed by atoms with Gasteiger partial charge in [-0.15, -0.1) is 0 Å². The summed E-state index contributed by atoms with van der Waals surface area (Å²) in [5, 5.41) is 20.2. The maximum absolute atomic E-state index is 12.3. The van der Waals surface area contributed by atoms with Gasteiger partial charge in [0.1, 0.15) is 5.75 Å². The van der Waals surface area contributed by atoms with Gasteiger partial charge in [0.25, 0.3) is 5.79 Å². The molecule has 0 spiro atoms. The van der Waals surface area contributed by atoms with Crippen molar-refractivity contribution >= 4 is 5.78 Å². The van der Waals surface area contributed by atoms with Crippen LogP contribution in [0.4, 0.5) is 0 Å². The number of hydrogen-bond donors (Lipinski definition) is 2. The predicted octanol–water partition coefficient (Wildman–Crippen LogP) is 1.72. The Morgan fingerprint density at radius 3 is 2.21 bits per heavy atom. The van der Waals surface area contributed by atoms with E-state index in [0.717, 1.165) is 0 Å². The van der Waals surface area contributed by atoms with Gasteiger partial charge >= 0.3 is 0 Å². The molecule has 2 aromatic rings. The number of rotatable bonds is 4. The van der Waals surface area contributed by atoms with E-state index in [1.165, 1.54) is 25.3 Å². The summed E-state index contributed by atoms with van der Waals surface area (Å²) in [6, 6.07) is 14.4. The summed E-state index contributed by atoms with van der Waals surface area (Å²) in [6.07, 6.45) is 0. The Labute approximate surface area is 110 Å². The van der Waals surface area contributed by atoms with E-state index < -0.39 is 11.6 Å². The molecule has 19 heavy (non-hydrogen) atoms.